The fourth-order valence-electron chi connectivity index (χ4n) is 1.96. The van der Waals surface area contributed by atoms with E-state index in [0.717, 1.165) is 0 Å². The van der Waals surface area contributed by atoms with Crippen LogP contribution in [0, 0.1) is 17.2 Å². The molecule has 0 aliphatic carbocycles. The Kier molecular flexibility index (Phi) is 6.90. The Morgan fingerprint density at radius 3 is 2.68 bits per heavy atom. The molecule has 1 rings (SSSR count). The normalized spacial score (nSPS) is 11.4. The van der Waals surface area contributed by atoms with E-state index in [1.54, 1.807) is 24.3 Å². The highest BCUT2D eigenvalue weighted by Gasteiger charge is 2.22. The van der Waals surface area contributed by atoms with E-state index in [4.69, 9.17) is 10.00 Å². The Morgan fingerprint density at radius 2 is 2.09 bits per heavy atom. The zero-order valence-corrected chi connectivity index (χ0v) is 13.1. The Morgan fingerprint density at radius 1 is 1.36 bits per heavy atom. The van der Waals surface area contributed by atoms with Gasteiger partial charge in [0.25, 0.3) is 5.91 Å². The van der Waals surface area contributed by atoms with E-state index in [0.29, 0.717) is 17.7 Å². The fraction of sp³-hybridized carbons (Fsp3) is 0.438. The molecule has 1 aromatic rings. The summed E-state index contributed by atoms with van der Waals surface area (Å²) in [5.41, 5.74) is 0.418. The maximum Gasteiger partial charge on any atom is 0.252 e. The van der Waals surface area contributed by atoms with Gasteiger partial charge in [-0.3, -0.25) is 9.59 Å². The maximum atomic E-state index is 12.3. The molecule has 0 aliphatic heterocycles. The summed E-state index contributed by atoms with van der Waals surface area (Å²) in [7, 11) is 1.52. The summed E-state index contributed by atoms with van der Waals surface area (Å²) in [5, 5.41) is 13.7. The average molecular weight is 303 g/mol. The van der Waals surface area contributed by atoms with Crippen molar-refractivity contribution in [3.8, 4) is 11.8 Å². The molecule has 2 N–H and O–H groups in total. The summed E-state index contributed by atoms with van der Waals surface area (Å²) in [5.74, 6) is 0.0913. The quantitative estimate of drug-likeness (QED) is 0.746. The zero-order valence-electron chi connectivity index (χ0n) is 13.1. The van der Waals surface area contributed by atoms with Crippen LogP contribution in [-0.2, 0) is 4.79 Å². The van der Waals surface area contributed by atoms with Crippen molar-refractivity contribution in [1.29, 1.82) is 5.26 Å². The molecule has 6 heteroatoms. The van der Waals surface area contributed by atoms with Crippen molar-refractivity contribution in [2.75, 3.05) is 13.7 Å². The second-order valence-electron chi connectivity index (χ2n) is 5.26. The largest absolute Gasteiger partial charge is 0.497 e. The van der Waals surface area contributed by atoms with E-state index in [1.807, 2.05) is 19.9 Å². The number of carbonyl (C=O) groups is 2. The highest BCUT2D eigenvalue weighted by Crippen LogP contribution is 2.13. The molecule has 6 nitrogen and oxygen atoms in total. The molecule has 0 saturated heterocycles. The summed E-state index contributed by atoms with van der Waals surface area (Å²) in [6.07, 6.45) is 0.493. The smallest absolute Gasteiger partial charge is 0.252 e. The highest BCUT2D eigenvalue weighted by molar-refractivity contribution is 5.97. The van der Waals surface area contributed by atoms with E-state index < -0.39 is 6.04 Å². The SMILES string of the molecule is COc1cccc(C(=O)N[C@@H](CC(C)C)C(=O)NCC#N)c1. The molecule has 22 heavy (non-hydrogen) atoms. The molecule has 0 spiro atoms. The lowest BCUT2D eigenvalue weighted by Gasteiger charge is -2.19. The van der Waals surface area contributed by atoms with Gasteiger partial charge in [-0.15, -0.1) is 0 Å². The number of nitrogens with one attached hydrogen (secondary N) is 2. The Bertz CT molecular complexity index is 564. The molecule has 0 aliphatic rings. The van der Waals surface area contributed by atoms with Crippen LogP contribution in [0.15, 0.2) is 24.3 Å². The number of carbonyl (C=O) groups excluding carboxylic acids is 2. The van der Waals surface area contributed by atoms with Gasteiger partial charge in [0.15, 0.2) is 0 Å². The maximum absolute atomic E-state index is 12.3. The van der Waals surface area contributed by atoms with E-state index in [9.17, 15) is 9.59 Å². The number of ether oxygens (including phenoxy) is 1. The van der Waals surface area contributed by atoms with Crippen molar-refractivity contribution in [3.63, 3.8) is 0 Å². The van der Waals surface area contributed by atoms with E-state index in [1.165, 1.54) is 7.11 Å². The molecular weight excluding hydrogens is 282 g/mol. The monoisotopic (exact) mass is 303 g/mol. The minimum absolute atomic E-state index is 0.0809. The second kappa shape index (κ2) is 8.67. The molecule has 0 unspecified atom stereocenters. The van der Waals surface area contributed by atoms with Crippen molar-refractivity contribution < 1.29 is 14.3 Å². The molecular formula is C16H21N3O3. The molecule has 1 aromatic carbocycles. The van der Waals surface area contributed by atoms with Crippen molar-refractivity contribution in [3.05, 3.63) is 29.8 Å². The molecule has 118 valence electrons. The summed E-state index contributed by atoms with van der Waals surface area (Å²) >= 11 is 0. The van der Waals surface area contributed by atoms with Gasteiger partial charge in [0.2, 0.25) is 5.91 Å². The lowest BCUT2D eigenvalue weighted by molar-refractivity contribution is -0.123. The van der Waals surface area contributed by atoms with E-state index >= 15 is 0 Å². The van der Waals surface area contributed by atoms with Gasteiger partial charge in [-0.1, -0.05) is 19.9 Å². The number of benzene rings is 1. The van der Waals surface area contributed by atoms with E-state index in [-0.39, 0.29) is 24.3 Å². The molecule has 0 saturated carbocycles. The average Bonchev–Trinajstić information content (AvgIpc) is 2.51. The minimum Gasteiger partial charge on any atom is -0.497 e. The number of methoxy groups -OCH3 is 1. The van der Waals surface area contributed by atoms with Crippen molar-refractivity contribution in [2.24, 2.45) is 5.92 Å². The minimum atomic E-state index is -0.674. The van der Waals surface area contributed by atoms with Gasteiger partial charge in [0.1, 0.15) is 18.3 Å². The van der Waals surface area contributed by atoms with Crippen LogP contribution in [0.2, 0.25) is 0 Å². The van der Waals surface area contributed by atoms with Gasteiger partial charge in [0, 0.05) is 5.56 Å². The Hall–Kier alpha value is -2.55. The first-order valence-electron chi connectivity index (χ1n) is 7.07. The predicted molar refractivity (Wildman–Crippen MR) is 82.3 cm³/mol. The van der Waals surface area contributed by atoms with Crippen LogP contribution in [-0.4, -0.2) is 31.5 Å². The second-order valence-corrected chi connectivity index (χ2v) is 5.26. The van der Waals surface area contributed by atoms with Crippen LogP contribution in [0.5, 0.6) is 5.75 Å². The van der Waals surface area contributed by atoms with Crippen LogP contribution in [0.3, 0.4) is 0 Å². The van der Waals surface area contributed by atoms with Gasteiger partial charge in [0.05, 0.1) is 13.2 Å². The molecule has 0 heterocycles. The molecule has 0 radical (unpaired) electrons. The van der Waals surface area contributed by atoms with Crippen LogP contribution >= 0.6 is 0 Å². The van der Waals surface area contributed by atoms with Crippen LogP contribution in [0.25, 0.3) is 0 Å². The number of rotatable bonds is 7. The number of nitriles is 1. The van der Waals surface area contributed by atoms with Crippen molar-refractivity contribution in [2.45, 2.75) is 26.3 Å². The van der Waals surface area contributed by atoms with Crippen LogP contribution in [0.4, 0.5) is 0 Å². The van der Waals surface area contributed by atoms with Gasteiger partial charge in [-0.2, -0.15) is 5.26 Å². The Balaban J connectivity index is 2.81. The van der Waals surface area contributed by atoms with Crippen LogP contribution in [0.1, 0.15) is 30.6 Å². The Labute approximate surface area is 130 Å². The molecule has 0 fully saturated rings. The molecule has 0 bridgehead atoms. The third kappa shape index (κ3) is 5.44. The number of nitrogens with zero attached hydrogens (tertiary/aromatic N) is 1. The van der Waals surface area contributed by atoms with E-state index in [2.05, 4.69) is 10.6 Å². The third-order valence-electron chi connectivity index (χ3n) is 3.00. The first-order valence-corrected chi connectivity index (χ1v) is 7.07. The summed E-state index contributed by atoms with van der Waals surface area (Å²) in [6.45, 7) is 3.84. The van der Waals surface area contributed by atoms with Gasteiger partial charge in [-0.25, -0.2) is 0 Å². The van der Waals surface area contributed by atoms with Gasteiger partial charge in [-0.05, 0) is 30.5 Å². The molecule has 1 atom stereocenters. The first-order chi connectivity index (χ1) is 10.5. The summed E-state index contributed by atoms with van der Waals surface area (Å²) in [6, 6.07) is 7.88. The first kappa shape index (κ1) is 17.5. The number of hydrogen-bond acceptors (Lipinski definition) is 4. The van der Waals surface area contributed by atoms with Crippen molar-refractivity contribution in [1.82, 2.24) is 10.6 Å². The van der Waals surface area contributed by atoms with Gasteiger partial charge < -0.3 is 15.4 Å². The van der Waals surface area contributed by atoms with Crippen molar-refractivity contribution >= 4 is 11.8 Å². The topological polar surface area (TPSA) is 91.2 Å². The predicted octanol–water partition coefficient (Wildman–Crippen LogP) is 1.48. The third-order valence-corrected chi connectivity index (χ3v) is 3.00. The highest BCUT2D eigenvalue weighted by atomic mass is 16.5. The number of hydrogen-bond donors (Lipinski definition) is 2. The lowest BCUT2D eigenvalue weighted by atomic mass is 10.0. The lowest BCUT2D eigenvalue weighted by Crippen LogP contribution is -2.47. The summed E-state index contributed by atoms with van der Waals surface area (Å²) in [4.78, 5) is 24.3. The van der Waals surface area contributed by atoms with Gasteiger partial charge >= 0.3 is 0 Å². The zero-order chi connectivity index (χ0) is 16.5. The fourth-order valence-corrected chi connectivity index (χ4v) is 1.96. The molecule has 2 amide bonds. The standard InChI is InChI=1S/C16H21N3O3/c1-11(2)9-14(16(21)18-8-7-17)19-15(20)12-5-4-6-13(10-12)22-3/h4-6,10-11,14H,8-9H2,1-3H3,(H,18,21)(H,19,20)/t14-/m0/s1. The number of amides is 2. The summed E-state index contributed by atoms with van der Waals surface area (Å²) < 4.78 is 5.08. The van der Waals surface area contributed by atoms with Crippen LogP contribution < -0.4 is 15.4 Å². The molecule has 0 aromatic heterocycles.